The first-order valence-electron chi connectivity index (χ1n) is 4.81. The molecule has 0 atom stereocenters. The van der Waals surface area contributed by atoms with E-state index in [1.807, 2.05) is 0 Å². The van der Waals surface area contributed by atoms with Crippen molar-refractivity contribution in [3.05, 3.63) is 11.9 Å². The van der Waals surface area contributed by atoms with Crippen LogP contribution in [0.2, 0.25) is 0 Å². The van der Waals surface area contributed by atoms with Gasteiger partial charge < -0.3 is 15.7 Å². The van der Waals surface area contributed by atoms with E-state index < -0.39 is 0 Å². The molecule has 1 aromatic heterocycles. The van der Waals surface area contributed by atoms with Crippen molar-refractivity contribution in [2.45, 2.75) is 0 Å². The van der Waals surface area contributed by atoms with Crippen molar-refractivity contribution in [1.29, 1.82) is 0 Å². The fourth-order valence-electron chi connectivity index (χ4n) is 1.67. The van der Waals surface area contributed by atoms with E-state index in [1.54, 1.807) is 18.1 Å². The lowest BCUT2D eigenvalue weighted by Crippen LogP contribution is -2.51. The molecule has 0 aromatic carbocycles. The van der Waals surface area contributed by atoms with Crippen LogP contribution in [0, 0.1) is 5.92 Å². The Labute approximate surface area is 87.3 Å². The number of rotatable bonds is 2. The average Bonchev–Trinajstić information content (AvgIpc) is 2.43. The Bertz CT molecular complexity index is 381. The second-order valence-electron chi connectivity index (χ2n) is 3.87. The predicted octanol–water partition coefficient (Wildman–Crippen LogP) is -0.933. The lowest BCUT2D eigenvalue weighted by atomic mass is 10.0. The highest BCUT2D eigenvalue weighted by Gasteiger charge is 2.32. The number of amides is 1. The van der Waals surface area contributed by atoms with Crippen LogP contribution in [-0.2, 0) is 7.05 Å². The maximum absolute atomic E-state index is 11.8. The molecule has 1 aliphatic rings. The minimum Gasteiger partial charge on any atom is -0.396 e. The van der Waals surface area contributed by atoms with E-state index in [4.69, 9.17) is 10.8 Å². The van der Waals surface area contributed by atoms with Crippen LogP contribution in [0.15, 0.2) is 6.20 Å². The van der Waals surface area contributed by atoms with Crippen LogP contribution in [0.25, 0.3) is 0 Å². The van der Waals surface area contributed by atoms with Gasteiger partial charge in [-0.25, -0.2) is 0 Å². The van der Waals surface area contributed by atoms with Crippen LogP contribution in [0.1, 0.15) is 10.5 Å². The highest BCUT2D eigenvalue weighted by molar-refractivity contribution is 5.97. The van der Waals surface area contributed by atoms with Gasteiger partial charge in [0.05, 0.1) is 5.69 Å². The summed E-state index contributed by atoms with van der Waals surface area (Å²) in [5.41, 5.74) is 6.34. The van der Waals surface area contributed by atoms with Gasteiger partial charge in [-0.3, -0.25) is 9.48 Å². The van der Waals surface area contributed by atoms with Gasteiger partial charge in [-0.1, -0.05) is 0 Å². The zero-order valence-electron chi connectivity index (χ0n) is 8.55. The second-order valence-corrected chi connectivity index (χ2v) is 3.87. The highest BCUT2D eigenvalue weighted by Crippen LogP contribution is 2.19. The minimum absolute atomic E-state index is 0.126. The van der Waals surface area contributed by atoms with Crippen LogP contribution in [0.3, 0.4) is 0 Å². The van der Waals surface area contributed by atoms with Crippen molar-refractivity contribution in [3.63, 3.8) is 0 Å². The quantitative estimate of drug-likeness (QED) is 0.660. The van der Waals surface area contributed by atoms with Crippen molar-refractivity contribution < 1.29 is 9.90 Å². The summed E-state index contributed by atoms with van der Waals surface area (Å²) in [6, 6.07) is 0. The van der Waals surface area contributed by atoms with Gasteiger partial charge in [-0.05, 0) is 0 Å². The molecule has 0 unspecified atom stereocenters. The number of aliphatic hydroxyl groups excluding tert-OH is 1. The molecular formula is C9H14N4O2. The number of hydrogen-bond donors (Lipinski definition) is 2. The maximum Gasteiger partial charge on any atom is 0.276 e. The van der Waals surface area contributed by atoms with Crippen molar-refractivity contribution >= 4 is 11.6 Å². The Hall–Kier alpha value is -1.56. The summed E-state index contributed by atoms with van der Waals surface area (Å²) in [5.74, 6) is 0.0525. The number of aromatic nitrogens is 2. The summed E-state index contributed by atoms with van der Waals surface area (Å²) in [6.45, 7) is 1.30. The standard InChI is InChI=1S/C9H14N4O2/c1-12-4-7(10)8(11-12)9(15)13-2-6(3-13)5-14/h4,6,14H,2-3,5,10H2,1H3. The van der Waals surface area contributed by atoms with Crippen LogP contribution in [0.5, 0.6) is 0 Å². The molecule has 6 nitrogen and oxygen atoms in total. The molecule has 6 heteroatoms. The summed E-state index contributed by atoms with van der Waals surface area (Å²) >= 11 is 0. The lowest BCUT2D eigenvalue weighted by molar-refractivity contribution is 0.0357. The molecule has 0 spiro atoms. The van der Waals surface area contributed by atoms with Crippen molar-refractivity contribution in [2.75, 3.05) is 25.4 Å². The van der Waals surface area contributed by atoms with Crippen molar-refractivity contribution in [2.24, 2.45) is 13.0 Å². The molecule has 3 N–H and O–H groups in total. The number of likely N-dealkylation sites (tertiary alicyclic amines) is 1. The molecular weight excluding hydrogens is 196 g/mol. The van der Waals surface area contributed by atoms with Crippen LogP contribution in [0.4, 0.5) is 5.69 Å². The van der Waals surface area contributed by atoms with Gasteiger partial charge in [0.15, 0.2) is 5.69 Å². The van der Waals surface area contributed by atoms with Crippen LogP contribution in [-0.4, -0.2) is 45.4 Å². The first-order valence-corrected chi connectivity index (χ1v) is 4.81. The van der Waals surface area contributed by atoms with Gasteiger partial charge in [-0.15, -0.1) is 0 Å². The molecule has 15 heavy (non-hydrogen) atoms. The van der Waals surface area contributed by atoms with Gasteiger partial charge in [0.1, 0.15) is 0 Å². The first kappa shape index (κ1) is 9.97. The number of nitrogens with zero attached hydrogens (tertiary/aromatic N) is 3. The maximum atomic E-state index is 11.8. The van der Waals surface area contributed by atoms with Crippen molar-refractivity contribution in [3.8, 4) is 0 Å². The Morgan fingerprint density at radius 1 is 1.73 bits per heavy atom. The van der Waals surface area contributed by atoms with Gasteiger partial charge in [-0.2, -0.15) is 5.10 Å². The lowest BCUT2D eigenvalue weighted by Gasteiger charge is -2.37. The Balaban J connectivity index is 2.06. The van der Waals surface area contributed by atoms with Crippen LogP contribution < -0.4 is 5.73 Å². The van der Waals surface area contributed by atoms with Gasteiger partial charge >= 0.3 is 0 Å². The molecule has 82 valence electrons. The minimum atomic E-state index is -0.155. The normalized spacial score (nSPS) is 16.5. The number of hydrogen-bond acceptors (Lipinski definition) is 4. The molecule has 0 aliphatic carbocycles. The van der Waals surface area contributed by atoms with Gasteiger partial charge in [0, 0.05) is 38.9 Å². The summed E-state index contributed by atoms with van der Waals surface area (Å²) in [5, 5.41) is 12.8. The van der Waals surface area contributed by atoms with Gasteiger partial charge in [0.2, 0.25) is 0 Å². The number of nitrogens with two attached hydrogens (primary N) is 1. The van der Waals surface area contributed by atoms with E-state index in [0.29, 0.717) is 24.5 Å². The van der Waals surface area contributed by atoms with E-state index >= 15 is 0 Å². The topological polar surface area (TPSA) is 84.4 Å². The molecule has 0 radical (unpaired) electrons. The predicted molar refractivity (Wildman–Crippen MR) is 54.1 cm³/mol. The summed E-state index contributed by atoms with van der Waals surface area (Å²) in [4.78, 5) is 13.4. The molecule has 0 saturated carbocycles. The summed E-state index contributed by atoms with van der Waals surface area (Å²) in [6.07, 6.45) is 1.61. The van der Waals surface area contributed by atoms with E-state index in [1.165, 1.54) is 4.68 Å². The average molecular weight is 210 g/mol. The van der Waals surface area contributed by atoms with Crippen molar-refractivity contribution in [1.82, 2.24) is 14.7 Å². The molecule has 2 heterocycles. The number of nitrogen functional groups attached to an aromatic ring is 1. The van der Waals surface area contributed by atoms with E-state index in [0.717, 1.165) is 0 Å². The van der Waals surface area contributed by atoms with E-state index in [2.05, 4.69) is 5.10 Å². The zero-order chi connectivity index (χ0) is 11.0. The fraction of sp³-hybridized carbons (Fsp3) is 0.556. The Morgan fingerprint density at radius 3 is 2.87 bits per heavy atom. The SMILES string of the molecule is Cn1cc(N)c(C(=O)N2CC(CO)C2)n1. The number of carbonyl (C=O) groups is 1. The fourth-order valence-corrected chi connectivity index (χ4v) is 1.67. The third-order valence-electron chi connectivity index (χ3n) is 2.56. The summed E-state index contributed by atoms with van der Waals surface area (Å²) in [7, 11) is 1.72. The molecule has 1 aromatic rings. The largest absolute Gasteiger partial charge is 0.396 e. The monoisotopic (exact) mass is 210 g/mol. The smallest absolute Gasteiger partial charge is 0.276 e. The summed E-state index contributed by atoms with van der Waals surface area (Å²) < 4.78 is 1.52. The number of anilines is 1. The molecule has 1 amide bonds. The molecule has 1 fully saturated rings. The van der Waals surface area contributed by atoms with Crippen LogP contribution >= 0.6 is 0 Å². The number of aryl methyl sites for hydroxylation is 1. The third kappa shape index (κ3) is 1.68. The molecule has 0 bridgehead atoms. The van der Waals surface area contributed by atoms with E-state index in [-0.39, 0.29) is 18.4 Å². The van der Waals surface area contributed by atoms with Gasteiger partial charge in [0.25, 0.3) is 5.91 Å². The third-order valence-corrected chi connectivity index (χ3v) is 2.56. The van der Waals surface area contributed by atoms with E-state index in [9.17, 15) is 4.79 Å². The zero-order valence-corrected chi connectivity index (χ0v) is 8.55. The number of aliphatic hydroxyl groups is 1. The Morgan fingerprint density at radius 2 is 2.40 bits per heavy atom. The molecule has 1 aliphatic heterocycles. The Kier molecular flexibility index (Phi) is 2.36. The second kappa shape index (κ2) is 3.54. The highest BCUT2D eigenvalue weighted by atomic mass is 16.3. The molecule has 1 saturated heterocycles. The first-order chi connectivity index (χ1) is 7.11. The number of carbonyl (C=O) groups excluding carboxylic acids is 1. The molecule has 2 rings (SSSR count).